The van der Waals surface area contributed by atoms with Crippen LogP contribution >= 0.6 is 0 Å². The molecule has 3 aromatic heterocycles. The smallest absolute Gasteiger partial charge is 0.255 e. The highest BCUT2D eigenvalue weighted by atomic mass is 19.1. The number of benzene rings is 2. The third kappa shape index (κ3) is 6.55. The number of likely N-dealkylation sites (tertiary alicyclic amines) is 1. The Morgan fingerprint density at radius 3 is 2.40 bits per heavy atom. The summed E-state index contributed by atoms with van der Waals surface area (Å²) in [6, 6.07) is 15.1. The highest BCUT2D eigenvalue weighted by Crippen LogP contribution is 2.39. The normalized spacial score (nSPS) is 23.5. The number of nitrogens with zero attached hydrogens (tertiary/aromatic N) is 9. The molecular weight excluding hydrogens is 797 g/mol. The molecule has 5 aromatic rings. The van der Waals surface area contributed by atoms with E-state index in [1.165, 1.54) is 23.4 Å². The molecule has 4 fully saturated rings. The van der Waals surface area contributed by atoms with E-state index < -0.39 is 29.2 Å². The van der Waals surface area contributed by atoms with Crippen LogP contribution in [0.1, 0.15) is 59.8 Å². The third-order valence-corrected chi connectivity index (χ3v) is 14.1. The maximum Gasteiger partial charge on any atom is 0.255 e. The molecule has 17 heteroatoms. The lowest BCUT2D eigenvalue weighted by Gasteiger charge is -2.55. The summed E-state index contributed by atoms with van der Waals surface area (Å²) in [4.78, 5) is 61.9. The standard InChI is InChI=1S/C45H47F2N11O4/c1-2-45(62)12-11-26-3-9-38(50-40(26)45)58-25-35(47)33-19-48-44(52-41(33)58)49-28-4-6-29(7-5-28)53-13-15-54(16-14-53)30-21-55(22-30)31-23-56(24-31)37-17-27-20-57(43(61)32(27)18-34(37)46)36-8-10-39(59)51-42(36)60/h3-7,9,17-19,25,30-31,36,62H,2,8,10-16,20-24H2,1H3,(H,48,49,52)(H,51,59,60)/t36?,45-/m1/s1. The zero-order valence-electron chi connectivity index (χ0n) is 34.4. The number of carbonyl (C=O) groups excluding carboxylic acids is 3. The second-order valence-electron chi connectivity index (χ2n) is 17.6. The quantitative estimate of drug-likeness (QED) is 0.185. The van der Waals surface area contributed by atoms with Gasteiger partial charge in [0.1, 0.15) is 23.3 Å². The van der Waals surface area contributed by atoms with Gasteiger partial charge < -0.3 is 25.1 Å². The second kappa shape index (κ2) is 14.8. The first-order valence-electron chi connectivity index (χ1n) is 21.6. The van der Waals surface area contributed by atoms with Crippen LogP contribution in [0.3, 0.4) is 0 Å². The first-order chi connectivity index (χ1) is 30.0. The van der Waals surface area contributed by atoms with Crippen molar-refractivity contribution in [2.24, 2.45) is 0 Å². The molecule has 1 unspecified atom stereocenters. The van der Waals surface area contributed by atoms with Gasteiger partial charge in [-0.1, -0.05) is 13.0 Å². The number of piperidine rings is 1. The van der Waals surface area contributed by atoms with Crippen LogP contribution in [0.15, 0.2) is 60.9 Å². The maximum absolute atomic E-state index is 15.4. The number of hydrogen-bond donors (Lipinski definition) is 3. The lowest BCUT2D eigenvalue weighted by Crippen LogP contribution is -2.71. The molecule has 320 valence electrons. The van der Waals surface area contributed by atoms with Crippen molar-refractivity contribution in [1.82, 2.24) is 39.5 Å². The van der Waals surface area contributed by atoms with Crippen molar-refractivity contribution in [2.45, 2.75) is 69.3 Å². The molecule has 11 rings (SSSR count). The van der Waals surface area contributed by atoms with Gasteiger partial charge in [-0.3, -0.25) is 34.1 Å². The van der Waals surface area contributed by atoms with E-state index in [-0.39, 0.29) is 42.2 Å². The molecule has 15 nitrogen and oxygen atoms in total. The van der Waals surface area contributed by atoms with E-state index in [1.807, 2.05) is 36.1 Å². The molecule has 0 bridgehead atoms. The Bertz CT molecular complexity index is 2640. The Morgan fingerprint density at radius 2 is 1.65 bits per heavy atom. The molecule has 2 aromatic carbocycles. The number of hydrogen-bond acceptors (Lipinski definition) is 12. The lowest BCUT2D eigenvalue weighted by atomic mass is 9.97. The van der Waals surface area contributed by atoms with Gasteiger partial charge in [0.25, 0.3) is 5.91 Å². The highest BCUT2D eigenvalue weighted by molar-refractivity contribution is 6.05. The van der Waals surface area contributed by atoms with Gasteiger partial charge in [-0.2, -0.15) is 4.98 Å². The molecule has 2 atom stereocenters. The molecule has 0 spiro atoms. The average molecular weight is 844 g/mol. The first-order valence-corrected chi connectivity index (χ1v) is 21.6. The fourth-order valence-electron chi connectivity index (χ4n) is 10.2. The maximum atomic E-state index is 15.4. The summed E-state index contributed by atoms with van der Waals surface area (Å²) in [6.45, 7) is 9.33. The molecule has 3 amide bonds. The second-order valence-corrected chi connectivity index (χ2v) is 17.6. The van der Waals surface area contributed by atoms with Gasteiger partial charge in [-0.05, 0) is 79.3 Å². The Balaban J connectivity index is 0.661. The Morgan fingerprint density at radius 1 is 0.871 bits per heavy atom. The molecule has 0 radical (unpaired) electrons. The molecule has 8 heterocycles. The van der Waals surface area contributed by atoms with Crippen LogP contribution in [0.25, 0.3) is 16.9 Å². The van der Waals surface area contributed by atoms with Crippen molar-refractivity contribution in [3.8, 4) is 5.82 Å². The van der Waals surface area contributed by atoms with Gasteiger partial charge in [0.15, 0.2) is 11.5 Å². The van der Waals surface area contributed by atoms with Crippen molar-refractivity contribution in [2.75, 3.05) is 67.5 Å². The van der Waals surface area contributed by atoms with Crippen molar-refractivity contribution < 1.29 is 28.3 Å². The fraction of sp³-hybridized carbons (Fsp3) is 0.422. The zero-order chi connectivity index (χ0) is 42.4. The van der Waals surface area contributed by atoms with E-state index >= 15 is 8.78 Å². The van der Waals surface area contributed by atoms with E-state index in [1.54, 1.807) is 10.6 Å². The summed E-state index contributed by atoms with van der Waals surface area (Å²) >= 11 is 0. The summed E-state index contributed by atoms with van der Waals surface area (Å²) in [7, 11) is 0. The van der Waals surface area contributed by atoms with Gasteiger partial charge in [0, 0.05) is 107 Å². The monoisotopic (exact) mass is 843 g/mol. The summed E-state index contributed by atoms with van der Waals surface area (Å²) < 4.78 is 32.0. The molecule has 3 N–H and O–H groups in total. The Labute approximate surface area is 356 Å². The van der Waals surface area contributed by atoms with E-state index in [0.717, 1.165) is 75.7 Å². The van der Waals surface area contributed by atoms with Crippen molar-refractivity contribution >= 4 is 51.8 Å². The van der Waals surface area contributed by atoms with Crippen LogP contribution in [0.2, 0.25) is 0 Å². The van der Waals surface area contributed by atoms with E-state index in [2.05, 4.69) is 47.4 Å². The van der Waals surface area contributed by atoms with Crippen LogP contribution in [0.4, 0.5) is 31.8 Å². The fourth-order valence-corrected chi connectivity index (χ4v) is 10.2. The molecule has 4 saturated heterocycles. The van der Waals surface area contributed by atoms with E-state index in [9.17, 15) is 19.5 Å². The van der Waals surface area contributed by atoms with Crippen molar-refractivity contribution in [3.63, 3.8) is 0 Å². The van der Waals surface area contributed by atoms with Gasteiger partial charge in [-0.15, -0.1) is 0 Å². The number of fused-ring (bicyclic) bond motifs is 3. The lowest BCUT2D eigenvalue weighted by molar-refractivity contribution is -0.136. The van der Waals surface area contributed by atoms with E-state index in [4.69, 9.17) is 4.98 Å². The predicted molar refractivity (Wildman–Crippen MR) is 226 cm³/mol. The van der Waals surface area contributed by atoms with Crippen LogP contribution in [0.5, 0.6) is 0 Å². The number of aliphatic hydroxyl groups is 1. The predicted octanol–water partition coefficient (Wildman–Crippen LogP) is 3.84. The number of piperazine rings is 1. The Kier molecular flexibility index (Phi) is 9.28. The number of rotatable bonds is 9. The van der Waals surface area contributed by atoms with Crippen LogP contribution in [-0.2, 0) is 28.2 Å². The molecule has 0 saturated carbocycles. The zero-order valence-corrected chi connectivity index (χ0v) is 34.4. The minimum atomic E-state index is -0.981. The molecular formula is C45H47F2N11O4. The average Bonchev–Trinajstić information content (AvgIpc) is 3.87. The van der Waals surface area contributed by atoms with E-state index in [0.29, 0.717) is 59.3 Å². The number of halogens is 2. The van der Waals surface area contributed by atoms with Gasteiger partial charge >= 0.3 is 0 Å². The highest BCUT2D eigenvalue weighted by Gasteiger charge is 2.44. The number of imide groups is 1. The minimum absolute atomic E-state index is 0.176. The molecule has 5 aliphatic heterocycles. The van der Waals surface area contributed by atoms with Crippen LogP contribution in [-0.4, -0.2) is 128 Å². The minimum Gasteiger partial charge on any atom is -0.384 e. The number of pyridine rings is 1. The summed E-state index contributed by atoms with van der Waals surface area (Å²) in [6.07, 6.45) is 5.23. The van der Waals surface area contributed by atoms with Gasteiger partial charge in [0.05, 0.1) is 16.8 Å². The Hall–Kier alpha value is -6.04. The molecule has 6 aliphatic rings. The molecule has 1 aliphatic carbocycles. The number of anilines is 4. The van der Waals surface area contributed by atoms with Gasteiger partial charge in [0.2, 0.25) is 17.8 Å². The van der Waals surface area contributed by atoms with Crippen LogP contribution in [0, 0.1) is 11.6 Å². The molecule has 62 heavy (non-hydrogen) atoms. The largest absolute Gasteiger partial charge is 0.384 e. The third-order valence-electron chi connectivity index (χ3n) is 14.1. The number of amides is 3. The summed E-state index contributed by atoms with van der Waals surface area (Å²) in [5.74, 6) is -1.23. The van der Waals surface area contributed by atoms with Crippen LogP contribution < -0.4 is 20.4 Å². The number of nitrogens with one attached hydrogen (secondary N) is 2. The number of aryl methyl sites for hydroxylation is 1. The SMILES string of the molecule is CC[C@@]1(O)CCc2ccc(-n3cc(F)c4cnc(Nc5ccc(N6CCN(C7CN(C8CN(c9cc%10c(cc9F)C(=O)N(C9CCC(=O)NC9=O)C%10)C8)C7)CC6)cc5)nc43)nc21. The topological polar surface area (TPSA) is 155 Å². The first kappa shape index (κ1) is 38.9. The summed E-state index contributed by atoms with van der Waals surface area (Å²) in [5.41, 5.74) is 4.50. The van der Waals surface area contributed by atoms with Gasteiger partial charge in [-0.25, -0.2) is 18.7 Å². The summed E-state index contributed by atoms with van der Waals surface area (Å²) in [5, 5.41) is 17.0. The van der Waals surface area contributed by atoms with Crippen molar-refractivity contribution in [3.05, 3.63) is 94.9 Å². The number of carbonyl (C=O) groups is 3. The van der Waals surface area contributed by atoms with Crippen molar-refractivity contribution in [1.29, 1.82) is 0 Å². The number of aromatic nitrogens is 4.